The Balaban J connectivity index is 1.81. The van der Waals surface area contributed by atoms with Gasteiger partial charge in [-0.1, -0.05) is 5.16 Å². The lowest BCUT2D eigenvalue weighted by molar-refractivity contribution is 0.413. The van der Waals surface area contributed by atoms with Gasteiger partial charge in [0.25, 0.3) is 5.89 Å². The van der Waals surface area contributed by atoms with Crippen molar-refractivity contribution in [2.24, 2.45) is 0 Å². The smallest absolute Gasteiger partial charge is 0.347 e. The highest BCUT2D eigenvalue weighted by atomic mass is 16.5. The Morgan fingerprint density at radius 1 is 1.23 bits per heavy atom. The van der Waals surface area contributed by atoms with Crippen LogP contribution in [-0.4, -0.2) is 29.7 Å². The van der Waals surface area contributed by atoms with E-state index >= 15 is 0 Å². The van der Waals surface area contributed by atoms with E-state index in [1.54, 1.807) is 32.2 Å². The molecule has 110 valence electrons. The lowest BCUT2D eigenvalue weighted by Gasteiger charge is -1.94. The number of hydrogen-bond acceptors (Lipinski definition) is 7. The molecule has 0 aliphatic heterocycles. The molecule has 0 amide bonds. The minimum absolute atomic E-state index is 0.243. The molecule has 0 saturated carbocycles. The van der Waals surface area contributed by atoms with Crippen molar-refractivity contribution < 1.29 is 8.94 Å². The van der Waals surface area contributed by atoms with Crippen LogP contribution < -0.4 is 5.69 Å². The van der Waals surface area contributed by atoms with Crippen LogP contribution in [0.25, 0.3) is 28.7 Å². The number of pyridine rings is 1. The van der Waals surface area contributed by atoms with Crippen LogP contribution in [0.15, 0.2) is 32.1 Å². The van der Waals surface area contributed by atoms with E-state index in [1.165, 1.54) is 4.40 Å². The van der Waals surface area contributed by atoms with Gasteiger partial charge < -0.3 is 8.94 Å². The highest BCUT2D eigenvalue weighted by Gasteiger charge is 2.18. The van der Waals surface area contributed by atoms with Crippen LogP contribution in [0.4, 0.5) is 0 Å². The van der Waals surface area contributed by atoms with E-state index in [0.29, 0.717) is 34.4 Å². The van der Waals surface area contributed by atoms with Crippen LogP contribution in [0, 0.1) is 13.8 Å². The second kappa shape index (κ2) is 4.38. The van der Waals surface area contributed by atoms with Crippen molar-refractivity contribution in [3.8, 4) is 23.0 Å². The zero-order valence-electron chi connectivity index (χ0n) is 11.7. The summed E-state index contributed by atoms with van der Waals surface area (Å²) in [6.07, 6.45) is 1.59. The molecule has 9 heteroatoms. The van der Waals surface area contributed by atoms with Crippen molar-refractivity contribution in [3.63, 3.8) is 0 Å². The Morgan fingerprint density at radius 3 is 2.86 bits per heavy atom. The number of hydrogen-bond donors (Lipinski definition) is 1. The maximum absolute atomic E-state index is 11.6. The van der Waals surface area contributed by atoms with Gasteiger partial charge >= 0.3 is 5.69 Å². The quantitative estimate of drug-likeness (QED) is 0.593. The van der Waals surface area contributed by atoms with Crippen molar-refractivity contribution in [1.82, 2.24) is 29.7 Å². The summed E-state index contributed by atoms with van der Waals surface area (Å²) in [5, 5.41) is 10.1. The van der Waals surface area contributed by atoms with Gasteiger partial charge in [0.05, 0.1) is 5.69 Å². The number of fused-ring (bicyclic) bond motifs is 1. The standard InChI is InChI=1S/C13H10N6O3/c1-6-10(21-7(2)14-6)12-15-11(18-22-12)8-3-4-9-16-17-13(20)19(9)5-8/h3-5H,1-2H3,(H,17,20). The number of nitrogens with one attached hydrogen (secondary N) is 1. The summed E-state index contributed by atoms with van der Waals surface area (Å²) < 4.78 is 12.0. The SMILES string of the molecule is Cc1nc(C)c(-c2nc(-c3ccc4n[nH]c(=O)n4c3)no2)o1. The van der Waals surface area contributed by atoms with E-state index in [1.807, 2.05) is 0 Å². The van der Waals surface area contributed by atoms with Crippen molar-refractivity contribution in [3.05, 3.63) is 40.4 Å². The molecule has 22 heavy (non-hydrogen) atoms. The molecular weight excluding hydrogens is 288 g/mol. The molecule has 1 N–H and O–H groups in total. The predicted octanol–water partition coefficient (Wildman–Crippen LogP) is 1.34. The van der Waals surface area contributed by atoms with Crippen molar-refractivity contribution in [2.75, 3.05) is 0 Å². The van der Waals surface area contributed by atoms with Gasteiger partial charge in [-0.25, -0.2) is 19.3 Å². The molecule has 4 rings (SSSR count). The Hall–Kier alpha value is -3.23. The van der Waals surface area contributed by atoms with E-state index in [0.717, 1.165) is 0 Å². The topological polar surface area (TPSA) is 115 Å². The molecule has 0 saturated heterocycles. The highest BCUT2D eigenvalue weighted by Crippen LogP contribution is 2.25. The second-order valence-electron chi connectivity index (χ2n) is 4.75. The average molecular weight is 298 g/mol. The summed E-state index contributed by atoms with van der Waals surface area (Å²) in [6.45, 7) is 3.54. The number of nitrogens with zero attached hydrogens (tertiary/aromatic N) is 5. The molecule has 0 atom stereocenters. The number of aromatic amines is 1. The Kier molecular flexibility index (Phi) is 2.49. The fraction of sp³-hybridized carbons (Fsp3) is 0.154. The van der Waals surface area contributed by atoms with Gasteiger partial charge in [-0.15, -0.1) is 0 Å². The third-order valence-electron chi connectivity index (χ3n) is 3.19. The van der Waals surface area contributed by atoms with Gasteiger partial charge in [0.2, 0.25) is 11.6 Å². The molecule has 4 aromatic rings. The number of aromatic nitrogens is 6. The highest BCUT2D eigenvalue weighted by molar-refractivity contribution is 5.59. The minimum atomic E-state index is -0.331. The van der Waals surface area contributed by atoms with Crippen LogP contribution in [0.5, 0.6) is 0 Å². The maximum Gasteiger partial charge on any atom is 0.347 e. The molecule has 0 spiro atoms. The van der Waals surface area contributed by atoms with E-state index in [-0.39, 0.29) is 11.6 Å². The van der Waals surface area contributed by atoms with Gasteiger partial charge in [0, 0.05) is 18.7 Å². The first kappa shape index (κ1) is 12.5. The summed E-state index contributed by atoms with van der Waals surface area (Å²) in [5.74, 6) is 1.56. The van der Waals surface area contributed by atoms with Gasteiger partial charge in [-0.2, -0.15) is 10.1 Å². The molecule has 0 aromatic carbocycles. The van der Waals surface area contributed by atoms with E-state index in [2.05, 4.69) is 25.3 Å². The number of oxazole rings is 1. The predicted molar refractivity (Wildman–Crippen MR) is 74.1 cm³/mol. The Bertz CT molecular complexity index is 1040. The molecule has 9 nitrogen and oxygen atoms in total. The zero-order valence-corrected chi connectivity index (χ0v) is 11.7. The third-order valence-corrected chi connectivity index (χ3v) is 3.19. The largest absolute Gasteiger partial charge is 0.436 e. The maximum atomic E-state index is 11.6. The third kappa shape index (κ3) is 1.83. The molecule has 4 aromatic heterocycles. The average Bonchev–Trinajstić information content (AvgIpc) is 3.19. The van der Waals surface area contributed by atoms with Crippen LogP contribution >= 0.6 is 0 Å². The van der Waals surface area contributed by atoms with Crippen LogP contribution in [-0.2, 0) is 0 Å². The fourth-order valence-electron chi connectivity index (χ4n) is 2.20. The van der Waals surface area contributed by atoms with Crippen LogP contribution in [0.2, 0.25) is 0 Å². The summed E-state index contributed by atoms with van der Waals surface area (Å²) in [5.41, 5.74) is 1.48. The van der Waals surface area contributed by atoms with E-state index < -0.39 is 0 Å². The first-order chi connectivity index (χ1) is 10.6. The van der Waals surface area contributed by atoms with Crippen LogP contribution in [0.1, 0.15) is 11.6 Å². The molecule has 0 unspecified atom stereocenters. The van der Waals surface area contributed by atoms with Crippen LogP contribution in [0.3, 0.4) is 0 Å². The first-order valence-corrected chi connectivity index (χ1v) is 6.47. The lowest BCUT2D eigenvalue weighted by atomic mass is 10.2. The molecular formula is C13H10N6O3. The number of aryl methyl sites for hydroxylation is 2. The fourth-order valence-corrected chi connectivity index (χ4v) is 2.20. The molecule has 0 aliphatic rings. The Morgan fingerprint density at radius 2 is 2.09 bits per heavy atom. The molecule has 0 aliphatic carbocycles. The van der Waals surface area contributed by atoms with Gasteiger partial charge in [0.1, 0.15) is 0 Å². The molecule has 4 heterocycles. The monoisotopic (exact) mass is 298 g/mol. The lowest BCUT2D eigenvalue weighted by Crippen LogP contribution is -2.08. The summed E-state index contributed by atoms with van der Waals surface area (Å²) >= 11 is 0. The summed E-state index contributed by atoms with van der Waals surface area (Å²) in [6, 6.07) is 3.44. The number of rotatable bonds is 2. The van der Waals surface area contributed by atoms with Gasteiger partial charge in [-0.05, 0) is 19.1 Å². The minimum Gasteiger partial charge on any atom is -0.436 e. The summed E-state index contributed by atoms with van der Waals surface area (Å²) in [4.78, 5) is 20.0. The molecule has 0 fully saturated rings. The van der Waals surface area contributed by atoms with Crippen molar-refractivity contribution in [1.29, 1.82) is 0 Å². The van der Waals surface area contributed by atoms with Crippen molar-refractivity contribution in [2.45, 2.75) is 13.8 Å². The first-order valence-electron chi connectivity index (χ1n) is 6.47. The Labute approximate surface area is 122 Å². The summed E-state index contributed by atoms with van der Waals surface area (Å²) in [7, 11) is 0. The van der Waals surface area contributed by atoms with Gasteiger partial charge in [-0.3, -0.25) is 0 Å². The second-order valence-corrected chi connectivity index (χ2v) is 4.75. The van der Waals surface area contributed by atoms with Gasteiger partial charge in [0.15, 0.2) is 11.5 Å². The molecule has 0 bridgehead atoms. The number of H-pyrrole nitrogens is 1. The van der Waals surface area contributed by atoms with E-state index in [9.17, 15) is 4.79 Å². The van der Waals surface area contributed by atoms with E-state index in [4.69, 9.17) is 8.94 Å². The normalized spacial score (nSPS) is 11.4. The molecule has 0 radical (unpaired) electrons. The van der Waals surface area contributed by atoms with Crippen molar-refractivity contribution >= 4 is 5.65 Å². The zero-order chi connectivity index (χ0) is 15.3.